The van der Waals surface area contributed by atoms with E-state index >= 15 is 0 Å². The van der Waals surface area contributed by atoms with Crippen LogP contribution in [0.4, 0.5) is 0 Å². The van der Waals surface area contributed by atoms with Crippen molar-refractivity contribution in [3.05, 3.63) is 74.8 Å². The molecule has 1 saturated carbocycles. The molecule has 6 aliphatic rings. The van der Waals surface area contributed by atoms with Crippen molar-refractivity contribution in [1.82, 2.24) is 0 Å². The van der Waals surface area contributed by atoms with E-state index in [1.807, 2.05) is 0 Å². The first-order valence-electron chi connectivity index (χ1n) is 16.9. The predicted molar refractivity (Wildman–Crippen MR) is 181 cm³/mol. The Labute approximate surface area is 248 Å². The Bertz CT molecular complexity index is 3390. The van der Waals surface area contributed by atoms with Crippen molar-refractivity contribution in [2.75, 3.05) is 0 Å². The smallest absolute Gasteiger partial charge is 0.0547 e. The fourth-order valence-corrected chi connectivity index (χ4v) is 14.2. The molecule has 3 unspecified atom stereocenters. The Hall–Kier alpha value is -4.46. The van der Waals surface area contributed by atoms with Crippen LogP contribution in [-0.4, -0.2) is 11.2 Å². The minimum Gasteiger partial charge on any atom is -0.393 e. The van der Waals surface area contributed by atoms with Gasteiger partial charge in [0.15, 0.2) is 0 Å². The summed E-state index contributed by atoms with van der Waals surface area (Å²) in [4.78, 5) is 0. The van der Waals surface area contributed by atoms with E-state index in [-0.39, 0.29) is 11.5 Å². The fourth-order valence-electron chi connectivity index (χ4n) is 14.2. The molecule has 0 saturated heterocycles. The van der Waals surface area contributed by atoms with E-state index in [2.05, 4.69) is 30.3 Å². The van der Waals surface area contributed by atoms with Gasteiger partial charge in [0, 0.05) is 11.3 Å². The highest BCUT2D eigenvalue weighted by Gasteiger charge is 2.55. The van der Waals surface area contributed by atoms with Gasteiger partial charge in [0.2, 0.25) is 0 Å². The maximum atomic E-state index is 11.3. The third-order valence-corrected chi connectivity index (χ3v) is 15.0. The Morgan fingerprint density at radius 1 is 0.523 bits per heavy atom. The van der Waals surface area contributed by atoms with Gasteiger partial charge in [-0.05, 0) is 196 Å². The van der Waals surface area contributed by atoms with Crippen molar-refractivity contribution in [3.8, 4) is 0 Å². The number of hydrogen-bond donors (Lipinski definition) is 1. The van der Waals surface area contributed by atoms with Gasteiger partial charge in [0.25, 0.3) is 0 Å². The zero-order valence-corrected chi connectivity index (χ0v) is 23.7. The molecule has 1 fully saturated rings. The van der Waals surface area contributed by atoms with Gasteiger partial charge < -0.3 is 5.11 Å². The topological polar surface area (TPSA) is 20.2 Å². The van der Waals surface area contributed by atoms with Crippen LogP contribution in [0.3, 0.4) is 0 Å². The van der Waals surface area contributed by atoms with Crippen molar-refractivity contribution >= 4 is 113 Å². The highest BCUT2D eigenvalue weighted by atomic mass is 16.3. The normalized spacial score (nSPS) is 26.0. The molecule has 1 N–H and O–H groups in total. The van der Waals surface area contributed by atoms with E-state index in [4.69, 9.17) is 0 Å². The molecular weight excluding hydrogens is 532 g/mol. The lowest BCUT2D eigenvalue weighted by Crippen LogP contribution is -2.40. The summed E-state index contributed by atoms with van der Waals surface area (Å²) in [5, 5.41) is 43.3. The van der Waals surface area contributed by atoms with Crippen LogP contribution in [0.25, 0.3) is 113 Å². The second-order valence-corrected chi connectivity index (χ2v) is 16.2. The zero-order valence-electron chi connectivity index (χ0n) is 23.7. The monoisotopic (exact) mass is 552 g/mol. The first-order chi connectivity index (χ1) is 21.7. The van der Waals surface area contributed by atoms with Gasteiger partial charge in [-0.2, -0.15) is 0 Å². The molecule has 0 aromatic heterocycles. The SMILES string of the molecule is OC1CCC23C=C4Cc5cc6c7c8c(cc9c%10c8c8c%11c7c5c5c4c2c2c4c(cc7cc(c%12c7c4c(c2c5%11)c8c%12%10)C9)C3C1)C6. The third-order valence-electron chi connectivity index (χ3n) is 15.0. The Morgan fingerprint density at radius 2 is 1.07 bits per heavy atom. The first kappa shape index (κ1) is 19.0. The number of benzene rings is 7. The number of allylic oxidation sites excluding steroid dienone is 2. The second-order valence-electron chi connectivity index (χ2n) is 16.2. The summed E-state index contributed by atoms with van der Waals surface area (Å²) in [6.07, 6.45) is 8.67. The standard InChI is InChI=1S/C43H20O/c44-19-1-2-43-11-18-8-16-6-13-3-12-4-15-5-14-7-17-9-20(21(43)10-19)29-34-25(17)24(14)31-26(15)30-22(12)23(13)32-27(16)33-28(18)42(43)41(29)40-38(33)36(32)35(30)37(31)39(34)40/h4,6-7,9,11,19,21,44H,1-3,5,8,10H2. The Kier molecular flexibility index (Phi) is 2.11. The maximum absolute atomic E-state index is 11.3. The van der Waals surface area contributed by atoms with Crippen molar-refractivity contribution in [2.24, 2.45) is 0 Å². The number of aliphatic hydroxyl groups excluding tert-OH is 1. The molecule has 0 bridgehead atoms. The Balaban J connectivity index is 1.39. The number of rotatable bonds is 0. The van der Waals surface area contributed by atoms with E-state index in [1.54, 1.807) is 152 Å². The molecule has 0 heterocycles. The van der Waals surface area contributed by atoms with Crippen LogP contribution in [0.1, 0.15) is 69.7 Å². The molecule has 198 valence electrons. The van der Waals surface area contributed by atoms with Crippen LogP contribution in [0.5, 0.6) is 0 Å². The summed E-state index contributed by atoms with van der Waals surface area (Å²) in [6, 6.07) is 10.5. The van der Waals surface area contributed by atoms with Gasteiger partial charge in [-0.25, -0.2) is 0 Å². The largest absolute Gasteiger partial charge is 0.393 e. The van der Waals surface area contributed by atoms with Gasteiger partial charge in [0.05, 0.1) is 6.10 Å². The van der Waals surface area contributed by atoms with Crippen molar-refractivity contribution in [2.45, 2.75) is 56.0 Å². The van der Waals surface area contributed by atoms with Crippen LogP contribution in [-0.2, 0) is 24.7 Å². The molecule has 11 aromatic carbocycles. The van der Waals surface area contributed by atoms with Crippen molar-refractivity contribution in [3.63, 3.8) is 0 Å². The lowest BCUT2D eigenvalue weighted by molar-refractivity contribution is 0.0936. The molecular formula is C43H20O. The molecule has 11 aromatic rings. The quantitative estimate of drug-likeness (QED) is 0.186. The van der Waals surface area contributed by atoms with Gasteiger partial charge in [-0.1, -0.05) is 30.3 Å². The average molecular weight is 553 g/mol. The molecule has 6 aliphatic carbocycles. The van der Waals surface area contributed by atoms with E-state index in [1.165, 1.54) is 5.39 Å². The molecule has 0 aliphatic heterocycles. The van der Waals surface area contributed by atoms with E-state index in [0.717, 1.165) is 38.5 Å². The van der Waals surface area contributed by atoms with E-state index in [9.17, 15) is 5.11 Å². The van der Waals surface area contributed by atoms with Crippen molar-refractivity contribution in [1.29, 1.82) is 0 Å². The lowest BCUT2D eigenvalue weighted by atomic mass is 9.57. The maximum Gasteiger partial charge on any atom is 0.0547 e. The van der Waals surface area contributed by atoms with Gasteiger partial charge in [0.1, 0.15) is 0 Å². The average Bonchev–Trinajstić information content (AvgIpc) is 3.83. The summed E-state index contributed by atoms with van der Waals surface area (Å²) >= 11 is 0. The van der Waals surface area contributed by atoms with E-state index in [0.29, 0.717) is 5.92 Å². The van der Waals surface area contributed by atoms with Crippen LogP contribution in [0.2, 0.25) is 0 Å². The molecule has 1 nitrogen and oxygen atoms in total. The van der Waals surface area contributed by atoms with Gasteiger partial charge >= 0.3 is 0 Å². The molecule has 44 heavy (non-hydrogen) atoms. The lowest BCUT2D eigenvalue weighted by Gasteiger charge is -2.46. The Morgan fingerprint density at radius 3 is 1.82 bits per heavy atom. The first-order valence-corrected chi connectivity index (χ1v) is 16.9. The minimum atomic E-state index is -0.208. The van der Waals surface area contributed by atoms with Crippen LogP contribution in [0.15, 0.2) is 30.3 Å². The van der Waals surface area contributed by atoms with Gasteiger partial charge in [-0.3, -0.25) is 0 Å². The number of hydrogen-bond acceptors (Lipinski definition) is 1. The molecule has 0 amide bonds. The fraction of sp³-hybridized carbons (Fsp3) is 0.209. The number of aliphatic hydroxyl groups is 1. The minimum absolute atomic E-state index is 0.0143. The molecule has 3 atom stereocenters. The van der Waals surface area contributed by atoms with Crippen LogP contribution >= 0.6 is 0 Å². The van der Waals surface area contributed by atoms with Gasteiger partial charge in [-0.15, -0.1) is 0 Å². The molecule has 1 heteroatoms. The van der Waals surface area contributed by atoms with Crippen LogP contribution in [0, 0.1) is 0 Å². The third kappa shape index (κ3) is 1.32. The number of fused-ring (bicyclic) bond motifs is 1. The van der Waals surface area contributed by atoms with Crippen molar-refractivity contribution < 1.29 is 5.11 Å². The van der Waals surface area contributed by atoms with E-state index < -0.39 is 0 Å². The summed E-state index contributed by atoms with van der Waals surface area (Å²) in [5.41, 5.74) is 14.4. The summed E-state index contributed by atoms with van der Waals surface area (Å²) < 4.78 is 0. The zero-order chi connectivity index (χ0) is 27.2. The predicted octanol–water partition coefficient (Wildman–Crippen LogP) is 9.92. The molecule has 17 rings (SSSR count). The summed E-state index contributed by atoms with van der Waals surface area (Å²) in [5.74, 6) is 0.352. The molecule has 1 spiro atoms. The summed E-state index contributed by atoms with van der Waals surface area (Å²) in [7, 11) is 0. The molecule has 0 radical (unpaired) electrons. The highest BCUT2D eigenvalue weighted by Crippen LogP contribution is 2.72. The second kappa shape index (κ2) is 4.88. The highest BCUT2D eigenvalue weighted by molar-refractivity contribution is 6.64. The summed E-state index contributed by atoms with van der Waals surface area (Å²) in [6.45, 7) is 0. The van der Waals surface area contributed by atoms with Crippen LogP contribution < -0.4 is 0 Å².